The van der Waals surface area contributed by atoms with Crippen LogP contribution in [0.15, 0.2) is 164 Å². The molecule has 0 fully saturated rings. The third-order valence-electron chi connectivity index (χ3n) is 10.7. The van der Waals surface area contributed by atoms with Gasteiger partial charge in [0.2, 0.25) is 0 Å². The predicted octanol–water partition coefficient (Wildman–Crippen LogP) is 13.8. The highest BCUT2D eigenvalue weighted by Crippen LogP contribution is 2.52. The molecule has 1 aromatic heterocycles. The fourth-order valence-electron chi connectivity index (χ4n) is 8.25. The van der Waals surface area contributed by atoms with Crippen LogP contribution in [0.3, 0.4) is 0 Å². The Labute approximate surface area is 290 Å². The van der Waals surface area contributed by atoms with Crippen LogP contribution in [0.1, 0.15) is 25.0 Å². The maximum Gasteiger partial charge on any atom is 0.0547 e. The van der Waals surface area contributed by atoms with Crippen LogP contribution in [0, 0.1) is 0 Å². The van der Waals surface area contributed by atoms with Crippen LogP contribution in [-0.2, 0) is 5.41 Å². The average Bonchev–Trinajstić information content (AvgIpc) is 3.64. The standard InChI is InChI=1S/C47H33NS/c1-47(2)42-20-9-7-15-36(42)40-28-33(26-27-43(40)47)48(32-24-22-31(23-25-32)35-19-11-13-30-12-3-4-14-34(30)35)44-29-41-38-17-8-10-21-45(38)49-46(41)39-18-6-5-16-37(39)44/h3-29H,1-2H3. The van der Waals surface area contributed by atoms with Crippen molar-refractivity contribution in [1.29, 1.82) is 0 Å². The number of rotatable bonds is 4. The van der Waals surface area contributed by atoms with Gasteiger partial charge < -0.3 is 4.90 Å². The molecule has 0 radical (unpaired) electrons. The van der Waals surface area contributed by atoms with E-state index in [1.165, 1.54) is 80.8 Å². The minimum atomic E-state index is -0.0450. The predicted molar refractivity (Wildman–Crippen MR) is 212 cm³/mol. The lowest BCUT2D eigenvalue weighted by Gasteiger charge is -2.28. The summed E-state index contributed by atoms with van der Waals surface area (Å²) in [5, 5.41) is 7.69. The van der Waals surface area contributed by atoms with E-state index in [1.54, 1.807) is 0 Å². The normalized spacial score (nSPS) is 13.3. The zero-order chi connectivity index (χ0) is 32.7. The number of fused-ring (bicyclic) bond motifs is 9. The second-order valence-corrected chi connectivity index (χ2v) is 14.8. The molecule has 1 nitrogen and oxygen atoms in total. The highest BCUT2D eigenvalue weighted by Gasteiger charge is 2.35. The molecule has 1 heterocycles. The number of anilines is 3. The number of hydrogen-bond donors (Lipinski definition) is 0. The summed E-state index contributed by atoms with van der Waals surface area (Å²) in [5.41, 5.74) is 11.3. The summed E-state index contributed by atoms with van der Waals surface area (Å²) in [7, 11) is 0. The van der Waals surface area contributed by atoms with Crippen molar-refractivity contribution in [2.45, 2.75) is 19.3 Å². The lowest BCUT2D eigenvalue weighted by atomic mass is 9.82. The van der Waals surface area contributed by atoms with Crippen LogP contribution in [0.25, 0.3) is 64.0 Å². The first-order valence-electron chi connectivity index (χ1n) is 17.0. The SMILES string of the molecule is CC1(C)c2ccccc2-c2cc(N(c3ccc(-c4cccc5ccccc45)cc3)c3cc4c5ccccc5sc4c4ccccc34)ccc21. The minimum absolute atomic E-state index is 0.0450. The smallest absolute Gasteiger partial charge is 0.0547 e. The van der Waals surface area contributed by atoms with Gasteiger partial charge in [0.05, 0.1) is 5.69 Å². The van der Waals surface area contributed by atoms with Gasteiger partial charge in [0.1, 0.15) is 0 Å². The Morgan fingerprint density at radius 1 is 0.449 bits per heavy atom. The van der Waals surface area contributed by atoms with Gasteiger partial charge in [-0.15, -0.1) is 11.3 Å². The van der Waals surface area contributed by atoms with Gasteiger partial charge in [-0.3, -0.25) is 0 Å². The molecule has 8 aromatic carbocycles. The summed E-state index contributed by atoms with van der Waals surface area (Å²) in [6.07, 6.45) is 0. The first kappa shape index (κ1) is 28.3. The van der Waals surface area contributed by atoms with Crippen LogP contribution in [0.5, 0.6) is 0 Å². The molecule has 0 spiro atoms. The number of thiophene rings is 1. The van der Waals surface area contributed by atoms with Crippen molar-refractivity contribution in [3.8, 4) is 22.3 Å². The van der Waals surface area contributed by atoms with Gasteiger partial charge in [0.15, 0.2) is 0 Å². The third-order valence-corrected chi connectivity index (χ3v) is 11.9. The molecule has 0 amide bonds. The van der Waals surface area contributed by atoms with Gasteiger partial charge in [-0.1, -0.05) is 141 Å². The molecule has 0 N–H and O–H groups in total. The van der Waals surface area contributed by atoms with Gasteiger partial charge in [0.25, 0.3) is 0 Å². The summed E-state index contributed by atoms with van der Waals surface area (Å²) in [5.74, 6) is 0. The Balaban J connectivity index is 1.23. The van der Waals surface area contributed by atoms with Crippen molar-refractivity contribution in [3.63, 3.8) is 0 Å². The maximum atomic E-state index is 2.48. The Bertz CT molecular complexity index is 2740. The molecule has 0 saturated carbocycles. The largest absolute Gasteiger partial charge is 0.310 e. The number of hydrogen-bond acceptors (Lipinski definition) is 2. The van der Waals surface area contributed by atoms with Crippen molar-refractivity contribution < 1.29 is 0 Å². The molecule has 0 atom stereocenters. The molecule has 10 rings (SSSR count). The van der Waals surface area contributed by atoms with Crippen LogP contribution in [0.4, 0.5) is 17.1 Å². The van der Waals surface area contributed by atoms with E-state index < -0.39 is 0 Å². The molecule has 1 aliphatic rings. The fraction of sp³-hybridized carbons (Fsp3) is 0.0638. The average molecular weight is 644 g/mol. The van der Waals surface area contributed by atoms with E-state index in [-0.39, 0.29) is 5.41 Å². The van der Waals surface area contributed by atoms with Gasteiger partial charge in [-0.2, -0.15) is 0 Å². The number of nitrogens with zero attached hydrogens (tertiary/aromatic N) is 1. The first-order chi connectivity index (χ1) is 24.1. The maximum absolute atomic E-state index is 2.48. The van der Waals surface area contributed by atoms with Crippen LogP contribution >= 0.6 is 11.3 Å². The molecule has 0 aliphatic heterocycles. The molecule has 0 saturated heterocycles. The first-order valence-corrected chi connectivity index (χ1v) is 17.8. The van der Waals surface area contributed by atoms with Gasteiger partial charge in [-0.05, 0) is 80.6 Å². The van der Waals surface area contributed by atoms with E-state index in [0.717, 1.165) is 11.4 Å². The van der Waals surface area contributed by atoms with Gasteiger partial charge in [0, 0.05) is 47.7 Å². The Morgan fingerprint density at radius 2 is 1.08 bits per heavy atom. The number of benzene rings is 8. The molecule has 0 unspecified atom stereocenters. The monoisotopic (exact) mass is 643 g/mol. The van der Waals surface area contributed by atoms with E-state index in [2.05, 4.69) is 183 Å². The van der Waals surface area contributed by atoms with Crippen LogP contribution < -0.4 is 4.90 Å². The van der Waals surface area contributed by atoms with E-state index in [0.29, 0.717) is 0 Å². The quantitative estimate of drug-likeness (QED) is 0.184. The second-order valence-electron chi connectivity index (χ2n) is 13.7. The zero-order valence-electron chi connectivity index (χ0n) is 27.4. The van der Waals surface area contributed by atoms with Crippen molar-refractivity contribution in [2.75, 3.05) is 4.90 Å². The molecule has 9 aromatic rings. The summed E-state index contributed by atoms with van der Waals surface area (Å²) < 4.78 is 2.67. The molecule has 232 valence electrons. The van der Waals surface area contributed by atoms with Crippen molar-refractivity contribution in [2.24, 2.45) is 0 Å². The Morgan fingerprint density at radius 3 is 1.94 bits per heavy atom. The zero-order valence-corrected chi connectivity index (χ0v) is 28.3. The molecule has 1 aliphatic carbocycles. The molecule has 2 heteroatoms. The summed E-state index contributed by atoms with van der Waals surface area (Å²) in [4.78, 5) is 2.48. The van der Waals surface area contributed by atoms with Crippen molar-refractivity contribution in [1.82, 2.24) is 0 Å². The molecular formula is C47H33NS. The lowest BCUT2D eigenvalue weighted by Crippen LogP contribution is -2.15. The third kappa shape index (κ3) is 4.24. The molecular weight excluding hydrogens is 611 g/mol. The summed E-state index contributed by atoms with van der Waals surface area (Å²) in [6, 6.07) is 60.6. The van der Waals surface area contributed by atoms with Crippen LogP contribution in [-0.4, -0.2) is 0 Å². The summed E-state index contributed by atoms with van der Waals surface area (Å²) >= 11 is 1.89. The Hall–Kier alpha value is -5.70. The minimum Gasteiger partial charge on any atom is -0.310 e. The van der Waals surface area contributed by atoms with E-state index in [1.807, 2.05) is 11.3 Å². The molecule has 49 heavy (non-hydrogen) atoms. The highest BCUT2D eigenvalue weighted by molar-refractivity contribution is 7.26. The summed E-state index contributed by atoms with van der Waals surface area (Å²) in [6.45, 7) is 4.70. The van der Waals surface area contributed by atoms with Gasteiger partial charge >= 0.3 is 0 Å². The fourth-order valence-corrected chi connectivity index (χ4v) is 9.48. The highest BCUT2D eigenvalue weighted by atomic mass is 32.1. The second kappa shape index (κ2) is 10.7. The van der Waals surface area contributed by atoms with Crippen molar-refractivity contribution >= 4 is 70.1 Å². The van der Waals surface area contributed by atoms with Gasteiger partial charge in [-0.25, -0.2) is 0 Å². The van der Waals surface area contributed by atoms with Crippen molar-refractivity contribution in [3.05, 3.63) is 175 Å². The van der Waals surface area contributed by atoms with E-state index >= 15 is 0 Å². The Kier molecular flexibility index (Phi) is 6.16. The lowest BCUT2D eigenvalue weighted by molar-refractivity contribution is 0.660. The molecule has 0 bridgehead atoms. The topological polar surface area (TPSA) is 3.24 Å². The van der Waals surface area contributed by atoms with Crippen LogP contribution in [0.2, 0.25) is 0 Å². The van der Waals surface area contributed by atoms with E-state index in [9.17, 15) is 0 Å². The van der Waals surface area contributed by atoms with E-state index in [4.69, 9.17) is 0 Å².